The quantitative estimate of drug-likeness (QED) is 0.922. The molecule has 0 aromatic heterocycles. The molecule has 0 radical (unpaired) electrons. The first-order chi connectivity index (χ1) is 9.45. The van der Waals surface area contributed by atoms with Gasteiger partial charge in [0, 0.05) is 18.7 Å². The van der Waals surface area contributed by atoms with Gasteiger partial charge in [0.1, 0.15) is 0 Å². The lowest BCUT2D eigenvalue weighted by Crippen LogP contribution is -2.42. The van der Waals surface area contributed by atoms with Crippen LogP contribution in [0.25, 0.3) is 0 Å². The number of hydrogen-bond donors (Lipinski definition) is 1. The molecule has 4 nitrogen and oxygen atoms in total. The second-order valence-electron chi connectivity index (χ2n) is 5.84. The van der Waals surface area contributed by atoms with Crippen molar-refractivity contribution in [1.29, 1.82) is 0 Å². The summed E-state index contributed by atoms with van der Waals surface area (Å²) in [5, 5.41) is 8.98. The fourth-order valence-corrected chi connectivity index (χ4v) is 2.57. The summed E-state index contributed by atoms with van der Waals surface area (Å²) < 4.78 is 0. The van der Waals surface area contributed by atoms with Gasteiger partial charge in [-0.1, -0.05) is 26.3 Å². The van der Waals surface area contributed by atoms with Crippen molar-refractivity contribution < 1.29 is 14.7 Å². The number of amides is 1. The number of carboxylic acid groups (broad SMARTS) is 1. The van der Waals surface area contributed by atoms with Crippen LogP contribution in [0.15, 0.2) is 24.3 Å². The summed E-state index contributed by atoms with van der Waals surface area (Å²) in [6, 6.07) is 6.26. The van der Waals surface area contributed by atoms with Crippen LogP contribution in [-0.2, 0) is 0 Å². The Morgan fingerprint density at radius 1 is 1.25 bits per heavy atom. The van der Waals surface area contributed by atoms with Gasteiger partial charge >= 0.3 is 5.97 Å². The van der Waals surface area contributed by atoms with Gasteiger partial charge in [0.15, 0.2) is 0 Å². The van der Waals surface area contributed by atoms with Crippen LogP contribution >= 0.6 is 0 Å². The summed E-state index contributed by atoms with van der Waals surface area (Å²) in [5.74, 6) is -1.07. The number of carbonyl (C=O) groups is 2. The number of aromatic carboxylic acids is 1. The number of likely N-dealkylation sites (tertiary alicyclic amines) is 1. The standard InChI is InChI=1S/C16H21NO3/c1-3-16(2)7-9-17(10-8-16)14(18)12-5-4-6-13(11-12)15(19)20/h4-6,11H,3,7-10H2,1-2H3,(H,19,20). The van der Waals surface area contributed by atoms with E-state index >= 15 is 0 Å². The van der Waals surface area contributed by atoms with Gasteiger partial charge in [-0.15, -0.1) is 0 Å². The molecule has 0 aliphatic carbocycles. The van der Waals surface area contributed by atoms with Gasteiger partial charge in [0.05, 0.1) is 5.56 Å². The Balaban J connectivity index is 2.09. The zero-order valence-electron chi connectivity index (χ0n) is 12.1. The van der Waals surface area contributed by atoms with Crippen LogP contribution in [-0.4, -0.2) is 35.0 Å². The van der Waals surface area contributed by atoms with Crippen LogP contribution in [0.1, 0.15) is 53.8 Å². The van der Waals surface area contributed by atoms with Crippen molar-refractivity contribution in [3.8, 4) is 0 Å². The predicted octanol–water partition coefficient (Wildman–Crippen LogP) is 3.04. The van der Waals surface area contributed by atoms with Gasteiger partial charge in [-0.3, -0.25) is 4.79 Å². The van der Waals surface area contributed by atoms with Gasteiger partial charge in [-0.2, -0.15) is 0 Å². The maximum absolute atomic E-state index is 12.4. The van der Waals surface area contributed by atoms with E-state index in [0.717, 1.165) is 32.4 Å². The van der Waals surface area contributed by atoms with E-state index in [1.54, 1.807) is 12.1 Å². The minimum Gasteiger partial charge on any atom is -0.478 e. The van der Waals surface area contributed by atoms with Crippen LogP contribution in [0.3, 0.4) is 0 Å². The average molecular weight is 275 g/mol. The average Bonchev–Trinajstić information content (AvgIpc) is 2.47. The molecule has 2 rings (SSSR count). The number of hydrogen-bond acceptors (Lipinski definition) is 2. The molecule has 4 heteroatoms. The molecule has 1 aromatic rings. The molecule has 0 bridgehead atoms. The number of carboxylic acids is 1. The number of carbonyl (C=O) groups excluding carboxylic acids is 1. The summed E-state index contributed by atoms with van der Waals surface area (Å²) in [6.45, 7) is 5.95. The van der Waals surface area contributed by atoms with Crippen LogP contribution in [0.4, 0.5) is 0 Å². The first-order valence-corrected chi connectivity index (χ1v) is 7.08. The molecule has 0 atom stereocenters. The lowest BCUT2D eigenvalue weighted by molar-refractivity contribution is 0.0600. The minimum absolute atomic E-state index is 0.0637. The lowest BCUT2D eigenvalue weighted by Gasteiger charge is -2.39. The molecule has 108 valence electrons. The summed E-state index contributed by atoms with van der Waals surface area (Å²) in [7, 11) is 0. The molecule has 1 amide bonds. The number of rotatable bonds is 3. The predicted molar refractivity (Wildman–Crippen MR) is 76.9 cm³/mol. The van der Waals surface area contributed by atoms with Gasteiger partial charge in [0.2, 0.25) is 0 Å². The van der Waals surface area contributed by atoms with Crippen molar-refractivity contribution in [3.05, 3.63) is 35.4 Å². The maximum Gasteiger partial charge on any atom is 0.335 e. The van der Waals surface area contributed by atoms with Crippen molar-refractivity contribution in [3.63, 3.8) is 0 Å². The highest BCUT2D eigenvalue weighted by molar-refractivity contribution is 5.97. The summed E-state index contributed by atoms with van der Waals surface area (Å²) in [4.78, 5) is 25.2. The van der Waals surface area contributed by atoms with Crippen molar-refractivity contribution in [1.82, 2.24) is 4.90 Å². The Morgan fingerprint density at radius 3 is 2.40 bits per heavy atom. The molecule has 1 aliphatic heterocycles. The van der Waals surface area contributed by atoms with Gasteiger partial charge in [-0.05, 0) is 36.5 Å². The Hall–Kier alpha value is -1.84. The number of piperidine rings is 1. The summed E-state index contributed by atoms with van der Waals surface area (Å²) in [5.41, 5.74) is 0.955. The third-order valence-corrected chi connectivity index (χ3v) is 4.47. The number of benzene rings is 1. The van der Waals surface area contributed by atoms with Crippen LogP contribution in [0.2, 0.25) is 0 Å². The van der Waals surface area contributed by atoms with Crippen molar-refractivity contribution in [2.45, 2.75) is 33.1 Å². The van der Waals surface area contributed by atoms with Crippen LogP contribution in [0, 0.1) is 5.41 Å². The molecule has 1 heterocycles. The number of nitrogens with zero attached hydrogens (tertiary/aromatic N) is 1. The van der Waals surface area contributed by atoms with Crippen LogP contribution in [0.5, 0.6) is 0 Å². The molecular weight excluding hydrogens is 254 g/mol. The molecular formula is C16H21NO3. The van der Waals surface area contributed by atoms with Crippen molar-refractivity contribution in [2.75, 3.05) is 13.1 Å². The van der Waals surface area contributed by atoms with E-state index in [2.05, 4.69) is 13.8 Å². The fraction of sp³-hybridized carbons (Fsp3) is 0.500. The lowest BCUT2D eigenvalue weighted by atomic mass is 9.78. The Labute approximate surface area is 119 Å². The topological polar surface area (TPSA) is 57.6 Å². The highest BCUT2D eigenvalue weighted by atomic mass is 16.4. The van der Waals surface area contributed by atoms with E-state index in [0.29, 0.717) is 11.0 Å². The fourth-order valence-electron chi connectivity index (χ4n) is 2.57. The zero-order valence-corrected chi connectivity index (χ0v) is 12.1. The molecule has 0 unspecified atom stereocenters. The Kier molecular flexibility index (Phi) is 4.12. The van der Waals surface area contributed by atoms with Gasteiger partial charge in [0.25, 0.3) is 5.91 Å². The molecule has 1 aliphatic rings. The SMILES string of the molecule is CCC1(C)CCN(C(=O)c2cccc(C(=O)O)c2)CC1. The van der Waals surface area contributed by atoms with E-state index in [-0.39, 0.29) is 11.5 Å². The zero-order chi connectivity index (χ0) is 14.8. The normalized spacial score (nSPS) is 17.8. The van der Waals surface area contributed by atoms with Crippen molar-refractivity contribution in [2.24, 2.45) is 5.41 Å². The molecule has 1 N–H and O–H groups in total. The molecule has 1 aromatic carbocycles. The highest BCUT2D eigenvalue weighted by Crippen LogP contribution is 2.34. The highest BCUT2D eigenvalue weighted by Gasteiger charge is 2.30. The maximum atomic E-state index is 12.4. The van der Waals surface area contributed by atoms with E-state index in [1.807, 2.05) is 4.90 Å². The van der Waals surface area contributed by atoms with E-state index in [9.17, 15) is 9.59 Å². The molecule has 0 spiro atoms. The summed E-state index contributed by atoms with van der Waals surface area (Å²) in [6.07, 6.45) is 3.14. The molecule has 20 heavy (non-hydrogen) atoms. The molecule has 0 saturated carbocycles. The summed E-state index contributed by atoms with van der Waals surface area (Å²) >= 11 is 0. The molecule has 1 saturated heterocycles. The van der Waals surface area contributed by atoms with E-state index in [4.69, 9.17) is 5.11 Å². The largest absolute Gasteiger partial charge is 0.478 e. The van der Waals surface area contributed by atoms with Crippen LogP contribution < -0.4 is 0 Å². The first-order valence-electron chi connectivity index (χ1n) is 7.08. The van der Waals surface area contributed by atoms with Crippen molar-refractivity contribution >= 4 is 11.9 Å². The second-order valence-corrected chi connectivity index (χ2v) is 5.84. The van der Waals surface area contributed by atoms with Gasteiger partial charge < -0.3 is 10.0 Å². The monoisotopic (exact) mass is 275 g/mol. The molecule has 1 fully saturated rings. The third kappa shape index (κ3) is 3.00. The third-order valence-electron chi connectivity index (χ3n) is 4.47. The van der Waals surface area contributed by atoms with Gasteiger partial charge in [-0.25, -0.2) is 4.79 Å². The Morgan fingerprint density at radius 2 is 1.85 bits per heavy atom. The smallest absolute Gasteiger partial charge is 0.335 e. The second kappa shape index (κ2) is 5.65. The van der Waals surface area contributed by atoms with E-state index in [1.165, 1.54) is 12.1 Å². The minimum atomic E-state index is -1.00. The van der Waals surface area contributed by atoms with E-state index < -0.39 is 5.97 Å². The first kappa shape index (κ1) is 14.6. The Bertz CT molecular complexity index is 516.